The summed E-state index contributed by atoms with van der Waals surface area (Å²) >= 11 is 0. The van der Waals surface area contributed by atoms with Crippen molar-refractivity contribution in [3.05, 3.63) is 23.3 Å². The highest BCUT2D eigenvalue weighted by Crippen LogP contribution is 2.34. The quantitative estimate of drug-likeness (QED) is 0.879. The number of carbonyl (C=O) groups excluding carboxylic acids is 1. The van der Waals surface area contributed by atoms with Crippen molar-refractivity contribution in [2.24, 2.45) is 0 Å². The Morgan fingerprint density at radius 2 is 2.25 bits per heavy atom. The fraction of sp³-hybridized carbons (Fsp3) is 0.533. The van der Waals surface area contributed by atoms with E-state index >= 15 is 0 Å². The van der Waals surface area contributed by atoms with Gasteiger partial charge in [0.25, 0.3) is 0 Å². The number of ether oxygens (including phenoxy) is 2. The van der Waals surface area contributed by atoms with E-state index in [9.17, 15) is 4.79 Å². The summed E-state index contributed by atoms with van der Waals surface area (Å²) < 4.78 is 11.2. The van der Waals surface area contributed by atoms with E-state index in [2.05, 4.69) is 12.2 Å². The van der Waals surface area contributed by atoms with E-state index in [1.165, 1.54) is 5.56 Å². The fourth-order valence-corrected chi connectivity index (χ4v) is 2.27. The lowest BCUT2D eigenvalue weighted by Gasteiger charge is -2.13. The third-order valence-corrected chi connectivity index (χ3v) is 3.39. The van der Waals surface area contributed by atoms with Gasteiger partial charge in [0.1, 0.15) is 17.6 Å². The number of benzene rings is 1. The molecule has 1 aromatic carbocycles. The van der Waals surface area contributed by atoms with Gasteiger partial charge in [-0.1, -0.05) is 0 Å². The summed E-state index contributed by atoms with van der Waals surface area (Å²) in [5.74, 6) is 1.82. The first kappa shape index (κ1) is 14.7. The van der Waals surface area contributed by atoms with E-state index in [1.807, 2.05) is 12.1 Å². The number of amides is 1. The summed E-state index contributed by atoms with van der Waals surface area (Å²) in [5, 5.41) is 3.13. The molecule has 110 valence electrons. The number of nitrogens with zero attached hydrogens (tertiary/aromatic N) is 1. The molecule has 1 amide bonds. The molecule has 0 spiro atoms. The maximum atomic E-state index is 11.5. The van der Waals surface area contributed by atoms with Gasteiger partial charge in [-0.25, -0.2) is 0 Å². The van der Waals surface area contributed by atoms with Gasteiger partial charge in [-0.3, -0.25) is 4.79 Å². The van der Waals surface area contributed by atoms with Gasteiger partial charge >= 0.3 is 0 Å². The van der Waals surface area contributed by atoms with Gasteiger partial charge in [0.15, 0.2) is 0 Å². The van der Waals surface area contributed by atoms with E-state index in [4.69, 9.17) is 9.47 Å². The number of rotatable bonds is 5. The Labute approximate surface area is 119 Å². The SMILES string of the molecule is COc1cc2c(cc1CNCC(=O)N(C)C)OC(C)C2. The number of carbonyl (C=O) groups is 1. The first-order valence-corrected chi connectivity index (χ1v) is 6.78. The fourth-order valence-electron chi connectivity index (χ4n) is 2.27. The lowest BCUT2D eigenvalue weighted by atomic mass is 10.1. The molecule has 5 heteroatoms. The Balaban J connectivity index is 2.04. The molecule has 0 saturated carbocycles. The Bertz CT molecular complexity index is 500. The summed E-state index contributed by atoms with van der Waals surface area (Å²) in [6.07, 6.45) is 1.13. The van der Waals surface area contributed by atoms with E-state index in [0.29, 0.717) is 13.1 Å². The van der Waals surface area contributed by atoms with Crippen LogP contribution in [0.2, 0.25) is 0 Å². The van der Waals surface area contributed by atoms with Crippen LogP contribution in [0.15, 0.2) is 12.1 Å². The van der Waals surface area contributed by atoms with Gasteiger partial charge in [-0.15, -0.1) is 0 Å². The van der Waals surface area contributed by atoms with Crippen LogP contribution >= 0.6 is 0 Å². The minimum Gasteiger partial charge on any atom is -0.496 e. The second kappa shape index (κ2) is 6.13. The molecule has 5 nitrogen and oxygen atoms in total. The molecule has 1 aliphatic heterocycles. The standard InChI is InChI=1S/C15H22N2O3/c1-10-5-11-6-13(19-4)12(7-14(11)20-10)8-16-9-15(18)17(2)3/h6-7,10,16H,5,8-9H2,1-4H3. The molecule has 1 unspecified atom stereocenters. The Morgan fingerprint density at radius 3 is 2.90 bits per heavy atom. The van der Waals surface area contributed by atoms with Gasteiger partial charge in [0.05, 0.1) is 13.7 Å². The Kier molecular flexibility index (Phi) is 4.49. The van der Waals surface area contributed by atoms with Gasteiger partial charge in [0, 0.05) is 38.2 Å². The molecular weight excluding hydrogens is 256 g/mol. The molecule has 0 aromatic heterocycles. The van der Waals surface area contributed by atoms with Crippen molar-refractivity contribution in [3.8, 4) is 11.5 Å². The molecule has 0 saturated heterocycles. The highest BCUT2D eigenvalue weighted by Gasteiger charge is 2.21. The zero-order valence-electron chi connectivity index (χ0n) is 12.5. The van der Waals surface area contributed by atoms with Gasteiger partial charge in [-0.05, 0) is 19.1 Å². The summed E-state index contributed by atoms with van der Waals surface area (Å²) in [5.41, 5.74) is 2.19. The number of nitrogens with one attached hydrogen (secondary N) is 1. The molecule has 1 aliphatic rings. The number of hydrogen-bond donors (Lipinski definition) is 1. The van der Waals surface area contributed by atoms with Crippen LogP contribution in [0.25, 0.3) is 0 Å². The molecule has 0 aliphatic carbocycles. The number of fused-ring (bicyclic) bond motifs is 1. The van der Waals surface area contributed by atoms with Gasteiger partial charge < -0.3 is 19.7 Å². The predicted molar refractivity (Wildman–Crippen MR) is 77.2 cm³/mol. The van der Waals surface area contributed by atoms with Crippen molar-refractivity contribution in [2.45, 2.75) is 26.0 Å². The maximum absolute atomic E-state index is 11.5. The average Bonchev–Trinajstić information content (AvgIpc) is 2.76. The summed E-state index contributed by atoms with van der Waals surface area (Å²) in [4.78, 5) is 13.1. The smallest absolute Gasteiger partial charge is 0.236 e. The second-order valence-electron chi connectivity index (χ2n) is 5.30. The first-order chi connectivity index (χ1) is 9.51. The van der Waals surface area contributed by atoms with Crippen molar-refractivity contribution >= 4 is 5.91 Å². The highest BCUT2D eigenvalue weighted by atomic mass is 16.5. The number of hydrogen-bond acceptors (Lipinski definition) is 4. The van der Waals surface area contributed by atoms with E-state index in [-0.39, 0.29) is 12.0 Å². The van der Waals surface area contributed by atoms with Gasteiger partial charge in [-0.2, -0.15) is 0 Å². The number of likely N-dealkylation sites (N-methyl/N-ethyl adjacent to an activating group) is 1. The predicted octanol–water partition coefficient (Wildman–Crippen LogP) is 1.20. The lowest BCUT2D eigenvalue weighted by Crippen LogP contribution is -2.32. The molecular formula is C15H22N2O3. The molecule has 0 fully saturated rings. The van der Waals surface area contributed by atoms with Gasteiger partial charge in [0.2, 0.25) is 5.91 Å². The van der Waals surface area contributed by atoms with Crippen molar-refractivity contribution in [1.29, 1.82) is 0 Å². The van der Waals surface area contributed by atoms with Crippen LogP contribution in [0.5, 0.6) is 11.5 Å². The van der Waals surface area contributed by atoms with Crippen LogP contribution in [0.4, 0.5) is 0 Å². The van der Waals surface area contributed by atoms with Crippen LogP contribution in [0.1, 0.15) is 18.1 Å². The summed E-state index contributed by atoms with van der Waals surface area (Å²) in [7, 11) is 5.15. The lowest BCUT2D eigenvalue weighted by molar-refractivity contribution is -0.127. The number of methoxy groups -OCH3 is 1. The minimum absolute atomic E-state index is 0.0509. The molecule has 1 atom stereocenters. The van der Waals surface area contributed by atoms with Crippen LogP contribution in [-0.2, 0) is 17.8 Å². The Hall–Kier alpha value is -1.75. The molecule has 1 aromatic rings. The summed E-state index contributed by atoms with van der Waals surface area (Å²) in [6.45, 7) is 2.94. The third kappa shape index (κ3) is 3.22. The molecule has 20 heavy (non-hydrogen) atoms. The van der Waals surface area contributed by atoms with Crippen LogP contribution in [0, 0.1) is 0 Å². The minimum atomic E-state index is 0.0509. The topological polar surface area (TPSA) is 50.8 Å². The van der Waals surface area contributed by atoms with Crippen molar-refractivity contribution in [3.63, 3.8) is 0 Å². The van der Waals surface area contributed by atoms with Crippen LogP contribution < -0.4 is 14.8 Å². The molecule has 2 rings (SSSR count). The van der Waals surface area contributed by atoms with Crippen molar-refractivity contribution in [2.75, 3.05) is 27.7 Å². The summed E-state index contributed by atoms with van der Waals surface area (Å²) in [6, 6.07) is 4.04. The van der Waals surface area contributed by atoms with E-state index < -0.39 is 0 Å². The normalized spacial score (nSPS) is 16.5. The molecule has 1 N–H and O–H groups in total. The first-order valence-electron chi connectivity index (χ1n) is 6.78. The van der Waals surface area contributed by atoms with E-state index in [1.54, 1.807) is 26.1 Å². The largest absolute Gasteiger partial charge is 0.496 e. The Morgan fingerprint density at radius 1 is 1.50 bits per heavy atom. The zero-order valence-corrected chi connectivity index (χ0v) is 12.5. The zero-order chi connectivity index (χ0) is 14.7. The average molecular weight is 278 g/mol. The van der Waals surface area contributed by atoms with Crippen LogP contribution in [0.3, 0.4) is 0 Å². The molecule has 0 radical (unpaired) electrons. The molecule has 1 heterocycles. The van der Waals surface area contributed by atoms with Crippen molar-refractivity contribution in [1.82, 2.24) is 10.2 Å². The molecule has 0 bridgehead atoms. The maximum Gasteiger partial charge on any atom is 0.236 e. The second-order valence-corrected chi connectivity index (χ2v) is 5.30. The van der Waals surface area contributed by atoms with E-state index in [0.717, 1.165) is 23.5 Å². The third-order valence-electron chi connectivity index (χ3n) is 3.39. The monoisotopic (exact) mass is 278 g/mol. The van der Waals surface area contributed by atoms with Crippen LogP contribution in [-0.4, -0.2) is 44.7 Å². The van der Waals surface area contributed by atoms with Crippen molar-refractivity contribution < 1.29 is 14.3 Å². The highest BCUT2D eigenvalue weighted by molar-refractivity contribution is 5.77.